The zero-order valence-corrected chi connectivity index (χ0v) is 9.98. The Hall–Kier alpha value is -2.70. The molecule has 2 rings (SSSR count). The van der Waals surface area contributed by atoms with Crippen molar-refractivity contribution in [3.8, 4) is 0 Å². The van der Waals surface area contributed by atoms with E-state index in [2.05, 4.69) is 15.4 Å². The van der Waals surface area contributed by atoms with Gasteiger partial charge in [-0.1, -0.05) is 0 Å². The van der Waals surface area contributed by atoms with Crippen LogP contribution in [0.1, 0.15) is 20.8 Å². The van der Waals surface area contributed by atoms with Crippen LogP contribution in [0.4, 0.5) is 0 Å². The minimum atomic E-state index is -1.18. The summed E-state index contributed by atoms with van der Waals surface area (Å²) in [6.07, 6.45) is 4.80. The van der Waals surface area contributed by atoms with Gasteiger partial charge in [0.25, 0.3) is 5.91 Å². The lowest BCUT2D eigenvalue weighted by molar-refractivity contribution is 0.0690. The van der Waals surface area contributed by atoms with E-state index in [1.54, 1.807) is 23.1 Å². The molecule has 0 atom stereocenters. The molecule has 0 saturated carbocycles. The quantitative estimate of drug-likeness (QED) is 0.811. The van der Waals surface area contributed by atoms with Gasteiger partial charge < -0.3 is 10.4 Å². The number of pyridine rings is 1. The molecule has 2 aromatic heterocycles. The summed E-state index contributed by atoms with van der Waals surface area (Å²) >= 11 is 0. The van der Waals surface area contributed by atoms with Crippen molar-refractivity contribution < 1.29 is 14.7 Å². The standard InChI is InChI=1S/C12H12N4O3/c17-11(14-6-8-16-7-2-5-15-16)10-9(12(18)19)3-1-4-13-10/h1-5,7H,6,8H2,(H,14,17)(H,18,19). The lowest BCUT2D eigenvalue weighted by Crippen LogP contribution is -2.29. The van der Waals surface area contributed by atoms with Gasteiger partial charge in [-0.2, -0.15) is 5.10 Å². The molecule has 2 heterocycles. The summed E-state index contributed by atoms with van der Waals surface area (Å²) in [6, 6.07) is 4.60. The number of hydrogen-bond donors (Lipinski definition) is 2. The number of carboxylic acid groups (broad SMARTS) is 1. The summed E-state index contributed by atoms with van der Waals surface area (Å²) in [4.78, 5) is 26.6. The number of nitrogens with one attached hydrogen (secondary N) is 1. The molecule has 2 aromatic rings. The van der Waals surface area contributed by atoms with Crippen LogP contribution in [0.25, 0.3) is 0 Å². The van der Waals surface area contributed by atoms with Gasteiger partial charge in [0, 0.05) is 25.1 Å². The number of carbonyl (C=O) groups excluding carboxylic acids is 1. The molecule has 98 valence electrons. The highest BCUT2D eigenvalue weighted by Crippen LogP contribution is 2.04. The molecular formula is C12H12N4O3. The minimum Gasteiger partial charge on any atom is -0.478 e. The fourth-order valence-corrected chi connectivity index (χ4v) is 1.56. The van der Waals surface area contributed by atoms with Crippen molar-refractivity contribution in [3.63, 3.8) is 0 Å². The predicted octanol–water partition coefficient (Wildman–Crippen LogP) is 0.406. The summed E-state index contributed by atoms with van der Waals surface area (Å²) in [5.74, 6) is -1.68. The van der Waals surface area contributed by atoms with E-state index >= 15 is 0 Å². The maximum absolute atomic E-state index is 11.8. The molecule has 1 amide bonds. The molecule has 0 radical (unpaired) electrons. The monoisotopic (exact) mass is 260 g/mol. The Morgan fingerprint density at radius 2 is 2.16 bits per heavy atom. The second-order valence-corrected chi connectivity index (χ2v) is 3.73. The van der Waals surface area contributed by atoms with Crippen LogP contribution in [-0.2, 0) is 6.54 Å². The number of hydrogen-bond acceptors (Lipinski definition) is 4. The second-order valence-electron chi connectivity index (χ2n) is 3.73. The zero-order chi connectivity index (χ0) is 13.7. The Labute approximate surface area is 108 Å². The van der Waals surface area contributed by atoms with Crippen molar-refractivity contribution in [2.75, 3.05) is 6.54 Å². The minimum absolute atomic E-state index is 0.0875. The maximum Gasteiger partial charge on any atom is 0.338 e. The number of nitrogens with zero attached hydrogens (tertiary/aromatic N) is 3. The second kappa shape index (κ2) is 5.76. The van der Waals surface area contributed by atoms with Gasteiger partial charge >= 0.3 is 5.97 Å². The molecule has 0 aromatic carbocycles. The topological polar surface area (TPSA) is 97.1 Å². The van der Waals surface area contributed by atoms with Gasteiger partial charge in [-0.3, -0.25) is 14.5 Å². The number of amides is 1. The number of rotatable bonds is 5. The summed E-state index contributed by atoms with van der Waals surface area (Å²) in [7, 11) is 0. The van der Waals surface area contributed by atoms with E-state index in [1.807, 2.05) is 0 Å². The third-order valence-corrected chi connectivity index (χ3v) is 2.44. The van der Waals surface area contributed by atoms with Crippen LogP contribution in [0.5, 0.6) is 0 Å². The fraction of sp³-hybridized carbons (Fsp3) is 0.167. The molecule has 0 aliphatic carbocycles. The van der Waals surface area contributed by atoms with E-state index < -0.39 is 11.9 Å². The number of aromatic carboxylic acids is 1. The summed E-state index contributed by atoms with van der Waals surface area (Å²) < 4.78 is 1.66. The van der Waals surface area contributed by atoms with Crippen LogP contribution in [0.2, 0.25) is 0 Å². The van der Waals surface area contributed by atoms with E-state index in [0.29, 0.717) is 13.1 Å². The van der Waals surface area contributed by atoms with Crippen LogP contribution in [-0.4, -0.2) is 38.3 Å². The van der Waals surface area contributed by atoms with Crippen molar-refractivity contribution in [1.82, 2.24) is 20.1 Å². The lowest BCUT2D eigenvalue weighted by atomic mass is 10.2. The molecule has 0 unspecified atom stereocenters. The van der Waals surface area contributed by atoms with Crippen molar-refractivity contribution in [2.45, 2.75) is 6.54 Å². The largest absolute Gasteiger partial charge is 0.478 e. The molecule has 7 heteroatoms. The molecule has 0 saturated heterocycles. The third-order valence-electron chi connectivity index (χ3n) is 2.44. The van der Waals surface area contributed by atoms with Crippen molar-refractivity contribution in [2.24, 2.45) is 0 Å². The Morgan fingerprint density at radius 3 is 2.84 bits per heavy atom. The van der Waals surface area contributed by atoms with Crippen LogP contribution in [0.3, 0.4) is 0 Å². The van der Waals surface area contributed by atoms with E-state index in [4.69, 9.17) is 5.11 Å². The number of aromatic nitrogens is 3. The summed E-state index contributed by atoms with van der Waals surface area (Å²) in [5.41, 5.74) is -0.199. The SMILES string of the molecule is O=C(O)c1cccnc1C(=O)NCCn1cccn1. The van der Waals surface area contributed by atoms with Crippen molar-refractivity contribution in [1.29, 1.82) is 0 Å². The van der Waals surface area contributed by atoms with Crippen molar-refractivity contribution >= 4 is 11.9 Å². The Balaban J connectivity index is 1.98. The molecule has 19 heavy (non-hydrogen) atoms. The fourth-order valence-electron chi connectivity index (χ4n) is 1.56. The normalized spacial score (nSPS) is 10.1. The van der Waals surface area contributed by atoms with Gasteiger partial charge in [0.2, 0.25) is 0 Å². The van der Waals surface area contributed by atoms with Gasteiger partial charge in [0.1, 0.15) is 5.69 Å². The zero-order valence-electron chi connectivity index (χ0n) is 9.98. The van der Waals surface area contributed by atoms with Gasteiger partial charge in [-0.15, -0.1) is 0 Å². The number of carboxylic acids is 1. The van der Waals surface area contributed by atoms with Crippen LogP contribution < -0.4 is 5.32 Å². The molecular weight excluding hydrogens is 248 g/mol. The first kappa shape index (κ1) is 12.7. The predicted molar refractivity (Wildman–Crippen MR) is 65.8 cm³/mol. The molecule has 2 N–H and O–H groups in total. The van der Waals surface area contributed by atoms with Gasteiger partial charge in [0.15, 0.2) is 0 Å². The summed E-state index contributed by atoms with van der Waals surface area (Å²) in [5, 5.41) is 15.6. The highest BCUT2D eigenvalue weighted by atomic mass is 16.4. The van der Waals surface area contributed by atoms with E-state index in [-0.39, 0.29) is 11.3 Å². The van der Waals surface area contributed by atoms with Gasteiger partial charge in [0.05, 0.1) is 12.1 Å². The van der Waals surface area contributed by atoms with E-state index in [9.17, 15) is 9.59 Å². The lowest BCUT2D eigenvalue weighted by Gasteiger charge is -2.06. The molecule has 7 nitrogen and oxygen atoms in total. The molecule has 0 fully saturated rings. The van der Waals surface area contributed by atoms with Gasteiger partial charge in [-0.25, -0.2) is 4.79 Å². The molecule has 0 aliphatic rings. The molecule has 0 spiro atoms. The average molecular weight is 260 g/mol. The Kier molecular flexibility index (Phi) is 3.87. The first-order valence-electron chi connectivity index (χ1n) is 5.62. The van der Waals surface area contributed by atoms with Crippen molar-refractivity contribution in [3.05, 3.63) is 48.0 Å². The first-order chi connectivity index (χ1) is 9.18. The Bertz CT molecular complexity index is 580. The smallest absolute Gasteiger partial charge is 0.338 e. The number of carbonyl (C=O) groups is 2. The van der Waals surface area contributed by atoms with Crippen LogP contribution in [0.15, 0.2) is 36.8 Å². The highest BCUT2D eigenvalue weighted by molar-refractivity contribution is 6.03. The first-order valence-corrected chi connectivity index (χ1v) is 5.62. The van der Waals surface area contributed by atoms with Crippen LogP contribution >= 0.6 is 0 Å². The van der Waals surface area contributed by atoms with Crippen LogP contribution in [0, 0.1) is 0 Å². The average Bonchev–Trinajstić information content (AvgIpc) is 2.91. The molecule has 0 bridgehead atoms. The summed E-state index contributed by atoms with van der Waals surface area (Å²) in [6.45, 7) is 0.851. The maximum atomic E-state index is 11.8. The van der Waals surface area contributed by atoms with Gasteiger partial charge in [-0.05, 0) is 18.2 Å². The molecule has 0 aliphatic heterocycles. The Morgan fingerprint density at radius 1 is 1.32 bits per heavy atom. The highest BCUT2D eigenvalue weighted by Gasteiger charge is 2.16. The third kappa shape index (κ3) is 3.15. The van der Waals surface area contributed by atoms with E-state index in [1.165, 1.54) is 18.3 Å². The van der Waals surface area contributed by atoms with E-state index in [0.717, 1.165) is 0 Å².